The Morgan fingerprint density at radius 3 is 2.76 bits per heavy atom. The van der Waals surface area contributed by atoms with E-state index in [1.165, 1.54) is 5.56 Å². The molecule has 25 heavy (non-hydrogen) atoms. The Balaban J connectivity index is 1.60. The minimum atomic E-state index is -0.331. The molecule has 0 bridgehead atoms. The smallest absolute Gasteiger partial charge is 0.245 e. The number of carbonyl (C=O) groups is 2. The van der Waals surface area contributed by atoms with Crippen LogP contribution in [0.5, 0.6) is 0 Å². The van der Waals surface area contributed by atoms with Gasteiger partial charge in [0.1, 0.15) is 6.04 Å². The second kappa shape index (κ2) is 8.48. The summed E-state index contributed by atoms with van der Waals surface area (Å²) in [7, 11) is 0. The summed E-state index contributed by atoms with van der Waals surface area (Å²) < 4.78 is 0. The summed E-state index contributed by atoms with van der Waals surface area (Å²) in [5.41, 5.74) is 1.31. The molecule has 2 heterocycles. The Hall–Kier alpha value is -1.88. The predicted molar refractivity (Wildman–Crippen MR) is 97.9 cm³/mol. The van der Waals surface area contributed by atoms with Crippen LogP contribution in [0.15, 0.2) is 30.3 Å². The van der Waals surface area contributed by atoms with Crippen LogP contribution in [0.3, 0.4) is 0 Å². The van der Waals surface area contributed by atoms with Crippen molar-refractivity contribution in [3.8, 4) is 0 Å². The number of hydrogen-bond donors (Lipinski definition) is 1. The van der Waals surface area contributed by atoms with Gasteiger partial charge in [-0.3, -0.25) is 14.5 Å². The second-order valence-electron chi connectivity index (χ2n) is 7.48. The Labute approximate surface area is 150 Å². The lowest BCUT2D eigenvalue weighted by atomic mass is 10.1. The van der Waals surface area contributed by atoms with Crippen molar-refractivity contribution in [1.29, 1.82) is 0 Å². The quantitative estimate of drug-likeness (QED) is 0.914. The van der Waals surface area contributed by atoms with E-state index in [0.717, 1.165) is 52.0 Å². The molecule has 0 spiro atoms. The molecule has 3 rings (SSSR count). The average molecular weight is 343 g/mol. The number of nitrogens with one attached hydrogen (secondary N) is 1. The molecule has 136 valence electrons. The highest BCUT2D eigenvalue weighted by molar-refractivity contribution is 5.88. The maximum absolute atomic E-state index is 12.9. The summed E-state index contributed by atoms with van der Waals surface area (Å²) in [5.74, 6) is 0.546. The molecule has 2 atom stereocenters. The molecular formula is C20H29N3O2. The Morgan fingerprint density at radius 2 is 1.96 bits per heavy atom. The van der Waals surface area contributed by atoms with Gasteiger partial charge in [-0.1, -0.05) is 43.7 Å². The predicted octanol–water partition coefficient (Wildman–Crippen LogP) is 2.03. The monoisotopic (exact) mass is 343 g/mol. The normalized spacial score (nSPS) is 25.8. The number of rotatable bonds is 3. The van der Waals surface area contributed by atoms with E-state index in [4.69, 9.17) is 0 Å². The van der Waals surface area contributed by atoms with Gasteiger partial charge < -0.3 is 10.2 Å². The topological polar surface area (TPSA) is 52.7 Å². The van der Waals surface area contributed by atoms with Crippen molar-refractivity contribution >= 4 is 11.8 Å². The molecule has 0 radical (unpaired) electrons. The highest BCUT2D eigenvalue weighted by Gasteiger charge is 2.30. The van der Waals surface area contributed by atoms with Gasteiger partial charge in [-0.25, -0.2) is 0 Å². The maximum atomic E-state index is 12.9. The number of hydrogen-bond acceptors (Lipinski definition) is 3. The third kappa shape index (κ3) is 5.05. The second-order valence-corrected chi connectivity index (χ2v) is 7.48. The minimum Gasteiger partial charge on any atom is -0.344 e. The zero-order valence-corrected chi connectivity index (χ0v) is 15.1. The number of amides is 2. The molecule has 1 aromatic rings. The number of benzene rings is 1. The lowest BCUT2D eigenvalue weighted by Crippen LogP contribution is -2.49. The molecule has 1 N–H and O–H groups in total. The maximum Gasteiger partial charge on any atom is 0.245 e. The van der Waals surface area contributed by atoms with Gasteiger partial charge in [-0.05, 0) is 24.3 Å². The van der Waals surface area contributed by atoms with Gasteiger partial charge in [0.2, 0.25) is 11.8 Å². The van der Waals surface area contributed by atoms with Gasteiger partial charge in [0.25, 0.3) is 0 Å². The summed E-state index contributed by atoms with van der Waals surface area (Å²) in [6.45, 7) is 6.52. The highest BCUT2D eigenvalue weighted by Crippen LogP contribution is 2.16. The van der Waals surface area contributed by atoms with Crippen LogP contribution in [0.4, 0.5) is 0 Å². The molecule has 0 aliphatic carbocycles. The SMILES string of the molecule is C[C@@H]1CN(Cc2ccccc2)CCN(C(=O)[C@H]2CCCCC(=O)N2)C1. The van der Waals surface area contributed by atoms with E-state index in [1.54, 1.807) is 0 Å². The molecular weight excluding hydrogens is 314 g/mol. The fourth-order valence-corrected chi connectivity index (χ4v) is 3.88. The van der Waals surface area contributed by atoms with Crippen molar-refractivity contribution in [2.75, 3.05) is 26.2 Å². The third-order valence-corrected chi connectivity index (χ3v) is 5.13. The Kier molecular flexibility index (Phi) is 6.08. The first-order chi connectivity index (χ1) is 12.1. The van der Waals surface area contributed by atoms with Crippen LogP contribution in [0.2, 0.25) is 0 Å². The van der Waals surface area contributed by atoms with Crippen molar-refractivity contribution in [1.82, 2.24) is 15.1 Å². The molecule has 2 aliphatic heterocycles. The van der Waals surface area contributed by atoms with E-state index in [2.05, 4.69) is 41.4 Å². The van der Waals surface area contributed by atoms with Crippen molar-refractivity contribution < 1.29 is 9.59 Å². The molecule has 0 saturated carbocycles. The van der Waals surface area contributed by atoms with E-state index in [-0.39, 0.29) is 17.9 Å². The van der Waals surface area contributed by atoms with Crippen molar-refractivity contribution in [2.24, 2.45) is 5.92 Å². The molecule has 1 aromatic carbocycles. The fraction of sp³-hybridized carbons (Fsp3) is 0.600. The van der Waals surface area contributed by atoms with Crippen LogP contribution >= 0.6 is 0 Å². The average Bonchev–Trinajstić information content (AvgIpc) is 2.93. The van der Waals surface area contributed by atoms with Crippen LogP contribution in [-0.2, 0) is 16.1 Å². The van der Waals surface area contributed by atoms with Crippen molar-refractivity contribution in [2.45, 2.75) is 45.2 Å². The van der Waals surface area contributed by atoms with Crippen LogP contribution in [0, 0.1) is 5.92 Å². The van der Waals surface area contributed by atoms with Gasteiger partial charge in [0, 0.05) is 39.1 Å². The molecule has 2 aliphatic rings. The van der Waals surface area contributed by atoms with Crippen LogP contribution in [0.1, 0.15) is 38.2 Å². The van der Waals surface area contributed by atoms with Gasteiger partial charge in [-0.15, -0.1) is 0 Å². The van der Waals surface area contributed by atoms with Gasteiger partial charge in [0.05, 0.1) is 0 Å². The first-order valence-corrected chi connectivity index (χ1v) is 9.46. The van der Waals surface area contributed by atoms with Gasteiger partial charge in [-0.2, -0.15) is 0 Å². The molecule has 2 fully saturated rings. The summed E-state index contributed by atoms with van der Waals surface area (Å²) in [5, 5.41) is 2.92. The fourth-order valence-electron chi connectivity index (χ4n) is 3.88. The van der Waals surface area contributed by atoms with Crippen LogP contribution in [-0.4, -0.2) is 53.8 Å². The lowest BCUT2D eigenvalue weighted by Gasteiger charge is -2.27. The molecule has 2 saturated heterocycles. The molecule has 0 unspecified atom stereocenters. The molecule has 2 amide bonds. The Morgan fingerprint density at radius 1 is 1.16 bits per heavy atom. The largest absolute Gasteiger partial charge is 0.344 e. The van der Waals surface area contributed by atoms with E-state index < -0.39 is 0 Å². The number of carbonyl (C=O) groups excluding carboxylic acids is 2. The summed E-state index contributed by atoms with van der Waals surface area (Å²) in [6, 6.07) is 10.2. The van der Waals surface area contributed by atoms with Gasteiger partial charge >= 0.3 is 0 Å². The summed E-state index contributed by atoms with van der Waals surface area (Å²) in [6.07, 6.45) is 3.14. The number of nitrogens with zero attached hydrogens (tertiary/aromatic N) is 2. The van der Waals surface area contributed by atoms with Crippen LogP contribution < -0.4 is 5.32 Å². The molecule has 5 heteroatoms. The lowest BCUT2D eigenvalue weighted by molar-refractivity contribution is -0.136. The van der Waals surface area contributed by atoms with Crippen molar-refractivity contribution in [3.63, 3.8) is 0 Å². The van der Waals surface area contributed by atoms with E-state index in [9.17, 15) is 9.59 Å². The third-order valence-electron chi connectivity index (χ3n) is 5.13. The highest BCUT2D eigenvalue weighted by atomic mass is 16.2. The van der Waals surface area contributed by atoms with E-state index in [0.29, 0.717) is 12.3 Å². The van der Waals surface area contributed by atoms with Crippen molar-refractivity contribution in [3.05, 3.63) is 35.9 Å². The molecule has 5 nitrogen and oxygen atoms in total. The van der Waals surface area contributed by atoms with Crippen LogP contribution in [0.25, 0.3) is 0 Å². The standard InChI is InChI=1S/C20H29N3O2/c1-16-13-22(15-17-7-3-2-4-8-17)11-12-23(14-16)20(25)18-9-5-6-10-19(24)21-18/h2-4,7-8,16,18H,5-6,9-15H2,1H3,(H,21,24)/t16-,18-/m1/s1. The summed E-state index contributed by atoms with van der Waals surface area (Å²) in [4.78, 5) is 29.1. The first-order valence-electron chi connectivity index (χ1n) is 9.46. The minimum absolute atomic E-state index is 0.0180. The Bertz CT molecular complexity index is 590. The first kappa shape index (κ1) is 17.9. The van der Waals surface area contributed by atoms with Gasteiger partial charge in [0.15, 0.2) is 0 Å². The van der Waals surface area contributed by atoms with E-state index >= 15 is 0 Å². The molecule has 0 aromatic heterocycles. The zero-order chi connectivity index (χ0) is 17.6. The van der Waals surface area contributed by atoms with E-state index in [1.807, 2.05) is 11.0 Å². The summed E-state index contributed by atoms with van der Waals surface area (Å²) >= 11 is 0. The zero-order valence-electron chi connectivity index (χ0n) is 15.1.